The van der Waals surface area contributed by atoms with Crippen LogP contribution in [0, 0.1) is 17.7 Å². The summed E-state index contributed by atoms with van der Waals surface area (Å²) in [6.07, 6.45) is 0.952. The van der Waals surface area contributed by atoms with Crippen molar-refractivity contribution in [2.24, 2.45) is 0 Å². The molecule has 2 aromatic rings. The van der Waals surface area contributed by atoms with E-state index in [1.54, 1.807) is 0 Å². The largest absolute Gasteiger partial charge is 0.445 e. The Hall–Kier alpha value is -3.07. The van der Waals surface area contributed by atoms with Gasteiger partial charge in [0.25, 0.3) is 0 Å². The first-order valence-electron chi connectivity index (χ1n) is 6.99. The smallest absolute Gasteiger partial charge is 0.407 e. The summed E-state index contributed by atoms with van der Waals surface area (Å²) < 4.78 is 17.9. The van der Waals surface area contributed by atoms with E-state index in [9.17, 15) is 9.18 Å². The van der Waals surface area contributed by atoms with Crippen LogP contribution in [0.25, 0.3) is 0 Å². The second-order valence-electron chi connectivity index (χ2n) is 4.63. The molecular weight excluding hydrogens is 297 g/mol. The Kier molecular flexibility index (Phi) is 5.95. The van der Waals surface area contributed by atoms with Crippen molar-refractivity contribution in [3.63, 3.8) is 0 Å². The number of ether oxygens (including phenoxy) is 1. The molecule has 2 rings (SSSR count). The Balaban J connectivity index is 1.69. The van der Waals surface area contributed by atoms with Crippen molar-refractivity contribution in [2.45, 2.75) is 13.0 Å². The number of nitrogens with one attached hydrogen (secondary N) is 1. The van der Waals surface area contributed by atoms with Gasteiger partial charge in [0.05, 0.1) is 11.9 Å². The minimum Gasteiger partial charge on any atom is -0.445 e. The van der Waals surface area contributed by atoms with E-state index in [0.29, 0.717) is 18.7 Å². The molecule has 0 aliphatic rings. The van der Waals surface area contributed by atoms with Gasteiger partial charge in [-0.05, 0) is 11.5 Å². The van der Waals surface area contributed by atoms with Crippen molar-refractivity contribution in [3.05, 3.63) is 59.7 Å². The molecule has 5 nitrogen and oxygen atoms in total. The van der Waals surface area contributed by atoms with Crippen LogP contribution in [0.3, 0.4) is 0 Å². The first-order valence-corrected chi connectivity index (χ1v) is 6.99. The SMILES string of the molecule is Nc1cc(F)cnc1C#CCCNC(=O)OCc1ccccc1. The number of halogens is 1. The molecule has 0 spiro atoms. The maximum Gasteiger partial charge on any atom is 0.407 e. The van der Waals surface area contributed by atoms with Crippen molar-refractivity contribution in [2.75, 3.05) is 12.3 Å². The van der Waals surface area contributed by atoms with Gasteiger partial charge < -0.3 is 15.8 Å². The van der Waals surface area contributed by atoms with Gasteiger partial charge in [-0.3, -0.25) is 0 Å². The number of carbonyl (C=O) groups excluding carboxylic acids is 1. The molecule has 3 N–H and O–H groups in total. The van der Waals surface area contributed by atoms with Crippen LogP contribution in [0.1, 0.15) is 17.7 Å². The number of amides is 1. The number of carbonyl (C=O) groups is 1. The van der Waals surface area contributed by atoms with E-state index in [-0.39, 0.29) is 12.3 Å². The van der Waals surface area contributed by atoms with E-state index in [1.165, 1.54) is 0 Å². The molecule has 1 amide bonds. The second kappa shape index (κ2) is 8.39. The maximum atomic E-state index is 12.8. The maximum absolute atomic E-state index is 12.8. The number of pyridine rings is 1. The average Bonchev–Trinajstić information content (AvgIpc) is 2.55. The quantitative estimate of drug-likeness (QED) is 0.671. The molecule has 6 heteroatoms. The Bertz CT molecular complexity index is 724. The first-order chi connectivity index (χ1) is 11.1. The zero-order valence-electron chi connectivity index (χ0n) is 12.4. The third kappa shape index (κ3) is 5.67. The van der Waals surface area contributed by atoms with Gasteiger partial charge in [0.1, 0.15) is 18.1 Å². The number of aromatic nitrogens is 1. The van der Waals surface area contributed by atoms with E-state index in [0.717, 1.165) is 17.8 Å². The van der Waals surface area contributed by atoms with Gasteiger partial charge in [-0.15, -0.1) is 0 Å². The Labute approximate surface area is 133 Å². The number of hydrogen-bond donors (Lipinski definition) is 2. The number of nitrogen functional groups attached to an aromatic ring is 1. The molecule has 0 radical (unpaired) electrons. The molecule has 0 bridgehead atoms. The van der Waals surface area contributed by atoms with E-state index < -0.39 is 11.9 Å². The molecule has 1 aromatic carbocycles. The van der Waals surface area contributed by atoms with Crippen LogP contribution in [0.15, 0.2) is 42.6 Å². The molecule has 23 heavy (non-hydrogen) atoms. The van der Waals surface area contributed by atoms with Crippen molar-refractivity contribution in [1.29, 1.82) is 0 Å². The number of benzene rings is 1. The number of nitrogens with zero attached hydrogens (tertiary/aromatic N) is 1. The normalized spacial score (nSPS) is 9.61. The van der Waals surface area contributed by atoms with E-state index in [1.807, 2.05) is 30.3 Å². The highest BCUT2D eigenvalue weighted by Crippen LogP contribution is 2.08. The van der Waals surface area contributed by atoms with Gasteiger partial charge in [0.15, 0.2) is 0 Å². The van der Waals surface area contributed by atoms with Crippen LogP contribution >= 0.6 is 0 Å². The molecule has 118 valence electrons. The van der Waals surface area contributed by atoms with Crippen LogP contribution in [0.2, 0.25) is 0 Å². The number of nitrogens with two attached hydrogens (primary N) is 1. The van der Waals surface area contributed by atoms with E-state index in [2.05, 4.69) is 22.1 Å². The lowest BCUT2D eigenvalue weighted by Crippen LogP contribution is -2.24. The highest BCUT2D eigenvalue weighted by Gasteiger charge is 2.01. The van der Waals surface area contributed by atoms with Crippen LogP contribution < -0.4 is 11.1 Å². The summed E-state index contributed by atoms with van der Waals surface area (Å²) in [5.74, 6) is 5.03. The van der Waals surface area contributed by atoms with Crippen LogP contribution in [0.4, 0.5) is 14.9 Å². The Morgan fingerprint density at radius 3 is 2.87 bits per heavy atom. The summed E-state index contributed by atoms with van der Waals surface area (Å²) in [4.78, 5) is 15.3. The van der Waals surface area contributed by atoms with Gasteiger partial charge in [-0.2, -0.15) is 0 Å². The molecular formula is C17H16FN3O2. The lowest BCUT2D eigenvalue weighted by atomic mass is 10.2. The first kappa shape index (κ1) is 16.3. The Morgan fingerprint density at radius 1 is 1.35 bits per heavy atom. The fourth-order valence-electron chi connectivity index (χ4n) is 1.71. The van der Waals surface area contributed by atoms with Gasteiger partial charge >= 0.3 is 6.09 Å². The highest BCUT2D eigenvalue weighted by atomic mass is 19.1. The van der Waals surface area contributed by atoms with Gasteiger partial charge in [-0.1, -0.05) is 36.3 Å². The molecule has 0 fully saturated rings. The summed E-state index contributed by atoms with van der Waals surface area (Å²) >= 11 is 0. The molecule has 0 atom stereocenters. The molecule has 0 aliphatic heterocycles. The molecule has 0 saturated carbocycles. The van der Waals surface area contributed by atoms with Crippen molar-refractivity contribution >= 4 is 11.8 Å². The number of alkyl carbamates (subject to hydrolysis) is 1. The molecule has 0 unspecified atom stereocenters. The van der Waals surface area contributed by atoms with Crippen molar-refractivity contribution in [3.8, 4) is 11.8 Å². The third-order valence-electron chi connectivity index (χ3n) is 2.82. The lowest BCUT2D eigenvalue weighted by Gasteiger charge is -2.05. The number of rotatable bonds is 4. The summed E-state index contributed by atoms with van der Waals surface area (Å²) in [7, 11) is 0. The third-order valence-corrected chi connectivity index (χ3v) is 2.82. The standard InChI is InChI=1S/C17H16FN3O2/c18-14-10-15(19)16(21-11-14)8-4-5-9-20-17(22)23-12-13-6-2-1-3-7-13/h1-3,6-7,10-11H,5,9,12,19H2,(H,20,22). The van der Waals surface area contributed by atoms with Crippen LogP contribution in [-0.2, 0) is 11.3 Å². The number of hydrogen-bond acceptors (Lipinski definition) is 4. The minimum atomic E-state index is -0.505. The second-order valence-corrected chi connectivity index (χ2v) is 4.63. The van der Waals surface area contributed by atoms with E-state index >= 15 is 0 Å². The van der Waals surface area contributed by atoms with Gasteiger partial charge in [0.2, 0.25) is 0 Å². The topological polar surface area (TPSA) is 77.2 Å². The zero-order chi connectivity index (χ0) is 16.5. The van der Waals surface area contributed by atoms with Crippen molar-refractivity contribution in [1.82, 2.24) is 10.3 Å². The fourth-order valence-corrected chi connectivity index (χ4v) is 1.71. The lowest BCUT2D eigenvalue weighted by molar-refractivity contribution is 0.140. The van der Waals surface area contributed by atoms with Gasteiger partial charge in [-0.25, -0.2) is 14.2 Å². The van der Waals surface area contributed by atoms with E-state index in [4.69, 9.17) is 10.5 Å². The van der Waals surface area contributed by atoms with Crippen LogP contribution in [-0.4, -0.2) is 17.6 Å². The summed E-state index contributed by atoms with van der Waals surface area (Å²) in [6.45, 7) is 0.552. The zero-order valence-corrected chi connectivity index (χ0v) is 12.4. The van der Waals surface area contributed by atoms with Crippen LogP contribution in [0.5, 0.6) is 0 Å². The summed E-state index contributed by atoms with van der Waals surface area (Å²) in [5.41, 5.74) is 7.01. The fraction of sp³-hybridized carbons (Fsp3) is 0.176. The Morgan fingerprint density at radius 2 is 2.13 bits per heavy atom. The molecule has 1 aromatic heterocycles. The summed E-state index contributed by atoms with van der Waals surface area (Å²) in [5, 5.41) is 2.59. The highest BCUT2D eigenvalue weighted by molar-refractivity contribution is 5.67. The van der Waals surface area contributed by atoms with Crippen molar-refractivity contribution < 1.29 is 13.9 Å². The van der Waals surface area contributed by atoms with Gasteiger partial charge in [0, 0.05) is 19.0 Å². The minimum absolute atomic E-state index is 0.188. The predicted molar refractivity (Wildman–Crippen MR) is 84.7 cm³/mol. The number of anilines is 1. The monoisotopic (exact) mass is 313 g/mol. The average molecular weight is 313 g/mol. The summed E-state index contributed by atoms with van der Waals surface area (Å²) in [6, 6.07) is 10.6. The molecule has 0 aliphatic carbocycles. The molecule has 1 heterocycles. The molecule has 0 saturated heterocycles. The predicted octanol–water partition coefficient (Wildman–Crippen LogP) is 2.47.